The van der Waals surface area contributed by atoms with Crippen molar-refractivity contribution in [1.29, 1.82) is 0 Å². The van der Waals surface area contributed by atoms with Gasteiger partial charge in [0, 0.05) is 32.9 Å². The lowest BCUT2D eigenvalue weighted by Gasteiger charge is -2.19. The second-order valence-corrected chi connectivity index (χ2v) is 7.68. The van der Waals surface area contributed by atoms with E-state index < -0.39 is 46.0 Å². The van der Waals surface area contributed by atoms with Gasteiger partial charge in [-0.15, -0.1) is 0 Å². The van der Waals surface area contributed by atoms with Crippen molar-refractivity contribution < 1.29 is 29.4 Å². The van der Waals surface area contributed by atoms with E-state index in [2.05, 4.69) is 9.97 Å². The second kappa shape index (κ2) is 7.20. The number of aromatic nitrogens is 2. The minimum atomic E-state index is -1.12. The number of aliphatic hydroxyl groups is 2. The van der Waals surface area contributed by atoms with Gasteiger partial charge in [-0.3, -0.25) is 19.2 Å². The van der Waals surface area contributed by atoms with E-state index in [4.69, 9.17) is 11.5 Å². The van der Waals surface area contributed by atoms with Crippen LogP contribution in [-0.4, -0.2) is 43.6 Å². The van der Waals surface area contributed by atoms with Crippen LogP contribution in [0.15, 0.2) is 60.0 Å². The van der Waals surface area contributed by atoms with Crippen molar-refractivity contribution in [1.82, 2.24) is 9.97 Å². The summed E-state index contributed by atoms with van der Waals surface area (Å²) in [6.07, 6.45) is 0. The van der Waals surface area contributed by atoms with Gasteiger partial charge in [-0.1, -0.05) is 36.4 Å². The number of nitrogens with two attached hydrogens (primary N) is 2. The molecule has 0 atom stereocenters. The van der Waals surface area contributed by atoms with Crippen molar-refractivity contribution in [3.8, 4) is 0 Å². The summed E-state index contributed by atoms with van der Waals surface area (Å²) >= 11 is 0. The average Bonchev–Trinajstić information content (AvgIpc) is 3.38. The second-order valence-electron chi connectivity index (χ2n) is 7.68. The standard InChI is InChI=1S/C24H16N4O6/c25-23(33)17-13(9-5-1-3-7-11(9)27-17)15-19(29)21(31)16(22(32)20(15)30)14-10-6-2-4-8-12(10)28-18(14)24(26)34/h1-8,27-29,32H,(H2,25,33)(H2,26,34). The molecule has 2 aromatic carbocycles. The van der Waals surface area contributed by atoms with Crippen molar-refractivity contribution in [2.24, 2.45) is 11.5 Å². The van der Waals surface area contributed by atoms with Crippen LogP contribution in [0.1, 0.15) is 32.1 Å². The quantitative estimate of drug-likeness (QED) is 0.255. The molecule has 10 nitrogen and oxygen atoms in total. The van der Waals surface area contributed by atoms with E-state index in [1.54, 1.807) is 48.5 Å². The number of hydrogen-bond acceptors (Lipinski definition) is 6. The number of nitrogens with one attached hydrogen (secondary N) is 2. The smallest absolute Gasteiger partial charge is 0.265 e. The van der Waals surface area contributed by atoms with Gasteiger partial charge in [-0.2, -0.15) is 0 Å². The van der Waals surface area contributed by atoms with Crippen molar-refractivity contribution >= 4 is 56.3 Å². The number of carbonyl (C=O) groups excluding carboxylic acids is 4. The molecule has 8 N–H and O–H groups in total. The van der Waals surface area contributed by atoms with Crippen LogP contribution in [0, 0.1) is 0 Å². The first-order chi connectivity index (χ1) is 16.2. The van der Waals surface area contributed by atoms with E-state index in [1.165, 1.54) is 0 Å². The number of carbonyl (C=O) groups is 4. The fraction of sp³-hybridized carbons (Fsp3) is 0. The summed E-state index contributed by atoms with van der Waals surface area (Å²) < 4.78 is 0. The third-order valence-electron chi connectivity index (χ3n) is 5.76. The van der Waals surface area contributed by atoms with Crippen LogP contribution in [-0.2, 0) is 9.59 Å². The maximum Gasteiger partial charge on any atom is 0.265 e. The third kappa shape index (κ3) is 2.75. The fourth-order valence-electron chi connectivity index (χ4n) is 4.32. The number of aliphatic hydroxyl groups excluding tert-OH is 2. The molecule has 0 bridgehead atoms. The van der Waals surface area contributed by atoms with E-state index in [9.17, 15) is 29.4 Å². The summed E-state index contributed by atoms with van der Waals surface area (Å²) in [6, 6.07) is 13.0. The molecule has 10 heteroatoms. The Kier molecular flexibility index (Phi) is 4.40. The Morgan fingerprint density at radius 2 is 1.00 bits per heavy atom. The zero-order chi connectivity index (χ0) is 24.3. The van der Waals surface area contributed by atoms with Crippen molar-refractivity contribution in [3.63, 3.8) is 0 Å². The van der Waals surface area contributed by atoms with Crippen molar-refractivity contribution in [2.75, 3.05) is 0 Å². The first-order valence-electron chi connectivity index (χ1n) is 10.00. The topological polar surface area (TPSA) is 192 Å². The molecule has 168 valence electrons. The maximum absolute atomic E-state index is 13.4. The van der Waals surface area contributed by atoms with Crippen molar-refractivity contribution in [2.45, 2.75) is 0 Å². The van der Waals surface area contributed by atoms with Gasteiger partial charge in [0.1, 0.15) is 11.4 Å². The van der Waals surface area contributed by atoms with Gasteiger partial charge in [0.25, 0.3) is 11.8 Å². The Labute approximate surface area is 190 Å². The van der Waals surface area contributed by atoms with E-state index in [0.29, 0.717) is 21.8 Å². The molecule has 0 aliphatic heterocycles. The molecule has 2 heterocycles. The molecule has 0 saturated heterocycles. The molecule has 0 saturated carbocycles. The van der Waals surface area contributed by atoms with Crippen LogP contribution in [0.2, 0.25) is 0 Å². The summed E-state index contributed by atoms with van der Waals surface area (Å²) in [5.74, 6) is -6.14. The lowest BCUT2D eigenvalue weighted by atomic mass is 9.84. The van der Waals surface area contributed by atoms with Crippen LogP contribution >= 0.6 is 0 Å². The SMILES string of the molecule is NC(=O)c1[nH]c2ccccc2c1C1=C(O)C(=O)C(c2c(C(N)=O)[nH]c3ccccc23)=C(O)C1=O. The van der Waals surface area contributed by atoms with Gasteiger partial charge in [-0.05, 0) is 12.1 Å². The minimum Gasteiger partial charge on any atom is -0.504 e. The number of amides is 2. The molecule has 5 rings (SSSR count). The maximum atomic E-state index is 13.4. The number of H-pyrrole nitrogens is 2. The van der Waals surface area contributed by atoms with E-state index in [0.717, 1.165) is 0 Å². The number of fused-ring (bicyclic) bond motifs is 2. The molecule has 2 amide bonds. The number of allylic oxidation sites excluding steroid dienone is 2. The summed E-state index contributed by atoms with van der Waals surface area (Å²) in [6.45, 7) is 0. The van der Waals surface area contributed by atoms with Crippen LogP contribution < -0.4 is 11.5 Å². The van der Waals surface area contributed by atoms with Crippen LogP contribution in [0.25, 0.3) is 33.0 Å². The molecule has 0 unspecified atom stereocenters. The highest BCUT2D eigenvalue weighted by Gasteiger charge is 2.41. The van der Waals surface area contributed by atoms with Gasteiger partial charge in [-0.25, -0.2) is 0 Å². The molecule has 0 radical (unpaired) electrons. The number of hydrogen-bond donors (Lipinski definition) is 6. The van der Waals surface area contributed by atoms with Crippen LogP contribution in [0.4, 0.5) is 0 Å². The predicted octanol–water partition coefficient (Wildman–Crippen LogP) is 2.24. The summed E-state index contributed by atoms with van der Waals surface area (Å²) in [5, 5.41) is 22.5. The van der Waals surface area contributed by atoms with Crippen molar-refractivity contribution in [3.05, 3.63) is 82.6 Å². The summed E-state index contributed by atoms with van der Waals surface area (Å²) in [4.78, 5) is 56.4. The van der Waals surface area contributed by atoms with E-state index in [1.807, 2.05) is 0 Å². The van der Waals surface area contributed by atoms with Gasteiger partial charge in [0.2, 0.25) is 11.6 Å². The Morgan fingerprint density at radius 1 is 0.647 bits per heavy atom. The van der Waals surface area contributed by atoms with Gasteiger partial charge in [0.15, 0.2) is 11.5 Å². The monoisotopic (exact) mass is 456 g/mol. The zero-order valence-corrected chi connectivity index (χ0v) is 17.3. The van der Waals surface area contributed by atoms with Gasteiger partial charge < -0.3 is 31.6 Å². The normalized spacial score (nSPS) is 14.5. The van der Waals surface area contributed by atoms with E-state index >= 15 is 0 Å². The zero-order valence-electron chi connectivity index (χ0n) is 17.3. The number of para-hydroxylation sites is 2. The largest absolute Gasteiger partial charge is 0.504 e. The Bertz CT molecular complexity index is 1540. The molecular weight excluding hydrogens is 440 g/mol. The number of ketones is 2. The molecule has 1 aliphatic carbocycles. The van der Waals surface area contributed by atoms with Crippen LogP contribution in [0.3, 0.4) is 0 Å². The fourth-order valence-corrected chi connectivity index (χ4v) is 4.32. The summed E-state index contributed by atoms with van der Waals surface area (Å²) in [5.41, 5.74) is 9.95. The number of aromatic amines is 2. The first kappa shape index (κ1) is 20.8. The third-order valence-corrected chi connectivity index (χ3v) is 5.76. The first-order valence-corrected chi connectivity index (χ1v) is 10.00. The Hall–Kier alpha value is -5.12. The van der Waals surface area contributed by atoms with Gasteiger partial charge in [0.05, 0.1) is 11.1 Å². The van der Waals surface area contributed by atoms with Crippen LogP contribution in [0.5, 0.6) is 0 Å². The lowest BCUT2D eigenvalue weighted by molar-refractivity contribution is -0.116. The highest BCUT2D eigenvalue weighted by molar-refractivity contribution is 6.49. The molecular formula is C24H16N4O6. The molecule has 0 fully saturated rings. The van der Waals surface area contributed by atoms with Gasteiger partial charge >= 0.3 is 0 Å². The number of Topliss-reactive ketones (excluding diaryl/α,β-unsaturated/α-hetero) is 2. The molecule has 0 spiro atoms. The Balaban J connectivity index is 1.80. The number of primary amides is 2. The summed E-state index contributed by atoms with van der Waals surface area (Å²) in [7, 11) is 0. The average molecular weight is 456 g/mol. The highest BCUT2D eigenvalue weighted by Crippen LogP contribution is 2.40. The minimum absolute atomic E-state index is 0.112. The molecule has 34 heavy (non-hydrogen) atoms. The molecule has 4 aromatic rings. The number of benzene rings is 2. The Morgan fingerprint density at radius 3 is 1.35 bits per heavy atom. The number of rotatable bonds is 4. The lowest BCUT2D eigenvalue weighted by Crippen LogP contribution is -2.25. The molecule has 1 aliphatic rings. The highest BCUT2D eigenvalue weighted by atomic mass is 16.3. The molecule has 2 aromatic heterocycles. The predicted molar refractivity (Wildman–Crippen MR) is 123 cm³/mol. The van der Waals surface area contributed by atoms with E-state index in [-0.39, 0.29) is 22.5 Å².